The van der Waals surface area contributed by atoms with Gasteiger partial charge in [0.1, 0.15) is 29.7 Å². The number of halogens is 2. The molecule has 2 heterocycles. The highest BCUT2D eigenvalue weighted by Crippen LogP contribution is 2.58. The van der Waals surface area contributed by atoms with Crippen LogP contribution in [0.2, 0.25) is 0 Å². The van der Waals surface area contributed by atoms with Crippen LogP contribution >= 0.6 is 12.6 Å². The summed E-state index contributed by atoms with van der Waals surface area (Å²) in [4.78, 5) is 3.98. The summed E-state index contributed by atoms with van der Waals surface area (Å²) in [6.45, 7) is 0.302. The molecule has 4 rings (SSSR count). The molecule has 0 radical (unpaired) electrons. The fraction of sp³-hybridized carbons (Fsp3) is 0.176. The fourth-order valence-electron chi connectivity index (χ4n) is 2.93. The minimum Gasteiger partial charge on any atom is -0.354 e. The molecule has 0 N–H and O–H groups in total. The number of benzene rings is 2. The lowest BCUT2D eigenvalue weighted by Crippen LogP contribution is -2.20. The molecule has 2 aromatic carbocycles. The first-order valence-electron chi connectivity index (χ1n) is 7.35. The first kappa shape index (κ1) is 15.3. The van der Waals surface area contributed by atoms with Crippen LogP contribution in [-0.2, 0) is 16.9 Å². The molecule has 1 aliphatic heterocycles. The van der Waals surface area contributed by atoms with Crippen LogP contribution < -0.4 is 0 Å². The Bertz CT molecular complexity index is 884. The van der Waals surface area contributed by atoms with Gasteiger partial charge in [0.05, 0.1) is 6.54 Å². The maximum absolute atomic E-state index is 14.2. The number of epoxide rings is 1. The van der Waals surface area contributed by atoms with E-state index in [0.29, 0.717) is 17.3 Å². The summed E-state index contributed by atoms with van der Waals surface area (Å²) in [6, 6.07) is 12.5. The minimum absolute atomic E-state index is 0.302. The standard InChI is InChI=1S/C17H13F2N3OS/c18-12-7-5-11(6-8-12)17(9-22-16(24)20-10-21-22)15(23-17)13-3-1-2-4-14(13)19/h1-8,10,15H,9H2,(H,20,21,24). The maximum Gasteiger partial charge on any atom is 0.183 e. The van der Waals surface area contributed by atoms with Crippen molar-refractivity contribution in [2.75, 3.05) is 0 Å². The van der Waals surface area contributed by atoms with E-state index in [1.165, 1.54) is 24.5 Å². The zero-order chi connectivity index (χ0) is 16.7. The second kappa shape index (κ2) is 5.68. The van der Waals surface area contributed by atoms with E-state index in [0.717, 1.165) is 5.56 Å². The van der Waals surface area contributed by atoms with E-state index in [1.807, 2.05) is 0 Å². The summed E-state index contributed by atoms with van der Waals surface area (Å²) in [5.41, 5.74) is 0.379. The van der Waals surface area contributed by atoms with Crippen LogP contribution in [0, 0.1) is 11.6 Å². The largest absolute Gasteiger partial charge is 0.354 e. The second-order valence-electron chi connectivity index (χ2n) is 5.63. The van der Waals surface area contributed by atoms with Gasteiger partial charge in [0.15, 0.2) is 5.16 Å². The van der Waals surface area contributed by atoms with Crippen molar-refractivity contribution < 1.29 is 13.5 Å². The van der Waals surface area contributed by atoms with E-state index in [9.17, 15) is 8.78 Å². The summed E-state index contributed by atoms with van der Waals surface area (Å²) in [6.07, 6.45) is 0.905. The van der Waals surface area contributed by atoms with Crippen LogP contribution in [0.25, 0.3) is 0 Å². The van der Waals surface area contributed by atoms with Gasteiger partial charge in [-0.3, -0.25) is 0 Å². The Morgan fingerprint density at radius 3 is 2.54 bits per heavy atom. The lowest BCUT2D eigenvalue weighted by molar-refractivity contribution is 0.256. The molecular weight excluding hydrogens is 332 g/mol. The fourth-order valence-corrected chi connectivity index (χ4v) is 3.11. The maximum atomic E-state index is 14.2. The van der Waals surface area contributed by atoms with Gasteiger partial charge in [-0.2, -0.15) is 5.10 Å². The van der Waals surface area contributed by atoms with Crippen LogP contribution in [-0.4, -0.2) is 14.8 Å². The Morgan fingerprint density at radius 2 is 1.88 bits per heavy atom. The number of ether oxygens (including phenoxy) is 1. The average molecular weight is 345 g/mol. The summed E-state index contributed by atoms with van der Waals surface area (Å²) in [7, 11) is 0. The van der Waals surface area contributed by atoms with Crippen LogP contribution in [0.3, 0.4) is 0 Å². The third-order valence-corrected chi connectivity index (χ3v) is 4.54. The van der Waals surface area contributed by atoms with E-state index >= 15 is 0 Å². The monoisotopic (exact) mass is 345 g/mol. The van der Waals surface area contributed by atoms with Crippen LogP contribution in [0.1, 0.15) is 17.2 Å². The molecule has 2 unspecified atom stereocenters. The average Bonchev–Trinajstić information content (AvgIpc) is 3.16. The number of aromatic nitrogens is 3. The number of nitrogens with zero attached hydrogens (tertiary/aromatic N) is 3. The van der Waals surface area contributed by atoms with Crippen molar-refractivity contribution in [2.24, 2.45) is 0 Å². The van der Waals surface area contributed by atoms with E-state index in [1.54, 1.807) is 35.0 Å². The molecule has 0 bridgehead atoms. The zero-order valence-corrected chi connectivity index (χ0v) is 13.3. The van der Waals surface area contributed by atoms with Crippen LogP contribution in [0.4, 0.5) is 8.78 Å². The molecular formula is C17H13F2N3OS. The summed E-state index contributed by atoms with van der Waals surface area (Å²) < 4.78 is 35.0. The Kier molecular flexibility index (Phi) is 3.62. The minimum atomic E-state index is -0.832. The van der Waals surface area contributed by atoms with E-state index < -0.39 is 11.7 Å². The van der Waals surface area contributed by atoms with Crippen molar-refractivity contribution in [1.82, 2.24) is 14.8 Å². The smallest absolute Gasteiger partial charge is 0.183 e. The van der Waals surface area contributed by atoms with Gasteiger partial charge in [-0.05, 0) is 23.8 Å². The number of hydrogen-bond acceptors (Lipinski definition) is 4. The van der Waals surface area contributed by atoms with E-state index in [4.69, 9.17) is 4.74 Å². The molecule has 7 heteroatoms. The highest BCUT2D eigenvalue weighted by molar-refractivity contribution is 7.80. The zero-order valence-electron chi connectivity index (χ0n) is 12.4. The molecule has 1 aliphatic rings. The predicted molar refractivity (Wildman–Crippen MR) is 85.6 cm³/mol. The first-order valence-corrected chi connectivity index (χ1v) is 7.80. The van der Waals surface area contributed by atoms with Crippen molar-refractivity contribution in [3.63, 3.8) is 0 Å². The van der Waals surface area contributed by atoms with E-state index in [-0.39, 0.29) is 11.6 Å². The van der Waals surface area contributed by atoms with Gasteiger partial charge in [-0.15, -0.1) is 12.6 Å². The first-order chi connectivity index (χ1) is 11.6. The molecule has 3 aromatic rings. The third kappa shape index (κ3) is 2.50. The van der Waals surface area contributed by atoms with Gasteiger partial charge in [-0.25, -0.2) is 18.4 Å². The number of hydrogen-bond donors (Lipinski definition) is 1. The number of thiol groups is 1. The molecule has 2 atom stereocenters. The van der Waals surface area contributed by atoms with Gasteiger partial charge in [0.2, 0.25) is 0 Å². The molecule has 0 amide bonds. The normalized spacial score (nSPS) is 22.5. The molecule has 1 aromatic heterocycles. The Labute approximate surface area is 142 Å². The van der Waals surface area contributed by atoms with E-state index in [2.05, 4.69) is 22.7 Å². The quantitative estimate of drug-likeness (QED) is 0.581. The highest BCUT2D eigenvalue weighted by Gasteiger charge is 2.60. The molecule has 1 saturated heterocycles. The molecule has 0 aliphatic carbocycles. The SMILES string of the molecule is Fc1ccc(C2(Cn3ncnc3S)OC2c2ccccc2F)cc1. The molecule has 1 fully saturated rings. The second-order valence-corrected chi connectivity index (χ2v) is 6.03. The molecule has 4 nitrogen and oxygen atoms in total. The van der Waals surface area contributed by atoms with Crippen molar-refractivity contribution in [1.29, 1.82) is 0 Å². The van der Waals surface area contributed by atoms with Gasteiger partial charge in [0.25, 0.3) is 0 Å². The molecule has 0 spiro atoms. The van der Waals surface area contributed by atoms with Gasteiger partial charge < -0.3 is 4.74 Å². The Hall–Kier alpha value is -2.25. The predicted octanol–water partition coefficient (Wildman–Crippen LogP) is 3.51. The Morgan fingerprint density at radius 1 is 1.12 bits per heavy atom. The number of rotatable bonds is 4. The summed E-state index contributed by atoms with van der Waals surface area (Å²) in [5, 5.41) is 4.55. The third-order valence-electron chi connectivity index (χ3n) is 4.19. The molecule has 122 valence electrons. The van der Waals surface area contributed by atoms with Crippen LogP contribution in [0.15, 0.2) is 60.0 Å². The lowest BCUT2D eigenvalue weighted by atomic mass is 9.91. The lowest BCUT2D eigenvalue weighted by Gasteiger charge is -2.15. The highest BCUT2D eigenvalue weighted by atomic mass is 32.1. The molecule has 24 heavy (non-hydrogen) atoms. The van der Waals surface area contributed by atoms with Gasteiger partial charge in [0, 0.05) is 5.56 Å². The topological polar surface area (TPSA) is 43.2 Å². The van der Waals surface area contributed by atoms with Crippen molar-refractivity contribution in [3.05, 3.63) is 77.6 Å². The van der Waals surface area contributed by atoms with Gasteiger partial charge >= 0.3 is 0 Å². The van der Waals surface area contributed by atoms with Crippen molar-refractivity contribution in [2.45, 2.75) is 23.4 Å². The van der Waals surface area contributed by atoms with Crippen molar-refractivity contribution >= 4 is 12.6 Å². The van der Waals surface area contributed by atoms with Crippen LogP contribution in [0.5, 0.6) is 0 Å². The summed E-state index contributed by atoms with van der Waals surface area (Å²) >= 11 is 4.25. The summed E-state index contributed by atoms with van der Waals surface area (Å²) in [5.74, 6) is -0.677. The Balaban J connectivity index is 1.76. The molecule has 0 saturated carbocycles. The van der Waals surface area contributed by atoms with Crippen molar-refractivity contribution in [3.8, 4) is 0 Å². The van der Waals surface area contributed by atoms with Gasteiger partial charge in [-0.1, -0.05) is 30.3 Å².